The number of nitrogens with zero attached hydrogens (tertiary/aromatic N) is 1. The third-order valence-corrected chi connectivity index (χ3v) is 6.71. The fraction of sp³-hybridized carbons (Fsp3) is 0.478. The fourth-order valence-corrected chi connectivity index (χ4v) is 5.28. The topological polar surface area (TPSA) is 41.9 Å². The maximum absolute atomic E-state index is 13.3. The van der Waals surface area contributed by atoms with Gasteiger partial charge in [-0.3, -0.25) is 4.90 Å². The summed E-state index contributed by atoms with van der Waals surface area (Å²) in [6.45, 7) is 1.82. The van der Waals surface area contributed by atoms with E-state index in [0.717, 1.165) is 67.8 Å². The van der Waals surface area contributed by atoms with Gasteiger partial charge in [0.05, 0.1) is 5.60 Å². The van der Waals surface area contributed by atoms with E-state index in [1.165, 1.54) is 12.1 Å². The Labute approximate surface area is 164 Å². The maximum atomic E-state index is 13.3. The number of ether oxygens (including phenoxy) is 2. The van der Waals surface area contributed by atoms with Crippen LogP contribution in [0.2, 0.25) is 0 Å². The molecule has 0 spiro atoms. The van der Waals surface area contributed by atoms with Gasteiger partial charge in [0, 0.05) is 25.0 Å². The highest BCUT2D eigenvalue weighted by atomic mass is 19.1. The van der Waals surface area contributed by atoms with E-state index in [-0.39, 0.29) is 24.6 Å². The van der Waals surface area contributed by atoms with Crippen molar-refractivity contribution in [2.24, 2.45) is 5.92 Å². The third-order valence-electron chi connectivity index (χ3n) is 6.71. The zero-order chi connectivity index (χ0) is 19.1. The Kier molecular flexibility index (Phi) is 4.52. The molecule has 1 aliphatic carbocycles. The molecule has 0 aromatic heterocycles. The normalized spacial score (nSPS) is 29.5. The average Bonchev–Trinajstić information content (AvgIpc) is 3.17. The van der Waals surface area contributed by atoms with Crippen molar-refractivity contribution < 1.29 is 19.0 Å². The molecule has 0 unspecified atom stereocenters. The smallest absolute Gasteiger partial charge is 0.231 e. The van der Waals surface area contributed by atoms with Gasteiger partial charge in [0.15, 0.2) is 11.5 Å². The molecule has 2 aromatic rings. The highest BCUT2D eigenvalue weighted by molar-refractivity contribution is 5.45. The first kappa shape index (κ1) is 18.0. The third kappa shape index (κ3) is 3.16. The van der Waals surface area contributed by atoms with Crippen LogP contribution in [0.15, 0.2) is 42.5 Å². The van der Waals surface area contributed by atoms with Crippen molar-refractivity contribution in [1.82, 2.24) is 4.90 Å². The van der Waals surface area contributed by atoms with Crippen LogP contribution < -0.4 is 9.47 Å². The Bertz CT molecular complexity index is 855. The molecular weight excluding hydrogens is 357 g/mol. The SMILES string of the molecule is O[C@]12CCCC[C@H]1[C@@H](c1ccc3c(c1)OCO3)N(Cc1ccc(F)cc1)CC2. The van der Waals surface area contributed by atoms with Crippen LogP contribution in [0.1, 0.15) is 49.3 Å². The van der Waals surface area contributed by atoms with Gasteiger partial charge in [-0.05, 0) is 54.7 Å². The molecule has 1 N–H and O–H groups in total. The number of benzene rings is 2. The Balaban J connectivity index is 1.50. The molecule has 3 atom stereocenters. The summed E-state index contributed by atoms with van der Waals surface area (Å²) in [6.07, 6.45) is 4.94. The van der Waals surface area contributed by atoms with Crippen LogP contribution >= 0.6 is 0 Å². The van der Waals surface area contributed by atoms with E-state index in [0.29, 0.717) is 0 Å². The van der Waals surface area contributed by atoms with Gasteiger partial charge in [-0.2, -0.15) is 0 Å². The van der Waals surface area contributed by atoms with Crippen molar-refractivity contribution in [1.29, 1.82) is 0 Å². The Morgan fingerprint density at radius 3 is 2.71 bits per heavy atom. The molecule has 28 heavy (non-hydrogen) atoms. The Hall–Kier alpha value is -2.11. The van der Waals surface area contributed by atoms with Crippen LogP contribution in [-0.2, 0) is 6.54 Å². The first-order valence-electron chi connectivity index (χ1n) is 10.2. The van der Waals surface area contributed by atoms with Crippen LogP contribution in [0.5, 0.6) is 11.5 Å². The van der Waals surface area contributed by atoms with Gasteiger partial charge in [0.2, 0.25) is 6.79 Å². The quantitative estimate of drug-likeness (QED) is 0.852. The van der Waals surface area contributed by atoms with E-state index in [4.69, 9.17) is 9.47 Å². The zero-order valence-corrected chi connectivity index (χ0v) is 15.9. The molecule has 0 bridgehead atoms. The van der Waals surface area contributed by atoms with Gasteiger partial charge in [0.25, 0.3) is 0 Å². The lowest BCUT2D eigenvalue weighted by Gasteiger charge is -2.52. The number of halogens is 1. The number of piperidine rings is 1. The number of rotatable bonds is 3. The maximum Gasteiger partial charge on any atom is 0.231 e. The second kappa shape index (κ2) is 7.05. The highest BCUT2D eigenvalue weighted by Gasteiger charge is 2.49. The standard InChI is InChI=1S/C23H26FNO3/c24-18-7-4-16(5-8-18)14-25-12-11-23(26)10-2-1-3-19(23)22(25)17-6-9-20-21(13-17)28-15-27-20/h4-9,13,19,22,26H,1-3,10-12,14-15H2/t19-,22+,23-/m0/s1. The Morgan fingerprint density at radius 2 is 1.86 bits per heavy atom. The van der Waals surface area contributed by atoms with Crippen molar-refractivity contribution in [3.8, 4) is 11.5 Å². The summed E-state index contributed by atoms with van der Waals surface area (Å²) >= 11 is 0. The minimum atomic E-state index is -0.599. The molecule has 0 amide bonds. The van der Waals surface area contributed by atoms with Crippen molar-refractivity contribution in [2.45, 2.75) is 50.3 Å². The van der Waals surface area contributed by atoms with E-state index in [1.54, 1.807) is 0 Å². The summed E-state index contributed by atoms with van der Waals surface area (Å²) in [5.41, 5.74) is 1.66. The predicted octanol–water partition coefficient (Wildman–Crippen LogP) is 4.42. The Morgan fingerprint density at radius 1 is 1.04 bits per heavy atom. The molecule has 1 saturated carbocycles. The molecule has 2 aliphatic heterocycles. The molecule has 1 saturated heterocycles. The predicted molar refractivity (Wildman–Crippen MR) is 104 cm³/mol. The van der Waals surface area contributed by atoms with E-state index in [1.807, 2.05) is 18.2 Å². The van der Waals surface area contributed by atoms with Gasteiger partial charge in [-0.25, -0.2) is 4.39 Å². The van der Waals surface area contributed by atoms with Crippen LogP contribution in [0.3, 0.4) is 0 Å². The van der Waals surface area contributed by atoms with Crippen LogP contribution in [0.4, 0.5) is 4.39 Å². The number of fused-ring (bicyclic) bond motifs is 2. The number of likely N-dealkylation sites (tertiary alicyclic amines) is 1. The zero-order valence-electron chi connectivity index (χ0n) is 15.9. The van der Waals surface area contributed by atoms with Crippen molar-refractivity contribution in [2.75, 3.05) is 13.3 Å². The summed E-state index contributed by atoms with van der Waals surface area (Å²) in [5.74, 6) is 1.54. The lowest BCUT2D eigenvalue weighted by atomic mass is 9.66. The van der Waals surface area contributed by atoms with Gasteiger partial charge in [0.1, 0.15) is 5.82 Å². The lowest BCUT2D eigenvalue weighted by molar-refractivity contribution is -0.126. The summed E-state index contributed by atoms with van der Waals surface area (Å²) in [6, 6.07) is 13.0. The monoisotopic (exact) mass is 383 g/mol. The number of hydrogen-bond acceptors (Lipinski definition) is 4. The van der Waals surface area contributed by atoms with E-state index in [9.17, 15) is 9.50 Å². The first-order valence-corrected chi connectivity index (χ1v) is 10.2. The average molecular weight is 383 g/mol. The molecule has 2 aromatic carbocycles. The fourth-order valence-electron chi connectivity index (χ4n) is 5.28. The molecule has 5 rings (SSSR count). The molecule has 2 fully saturated rings. The van der Waals surface area contributed by atoms with Crippen molar-refractivity contribution >= 4 is 0 Å². The van der Waals surface area contributed by atoms with Crippen LogP contribution in [0.25, 0.3) is 0 Å². The van der Waals surface area contributed by atoms with Crippen molar-refractivity contribution in [3.05, 3.63) is 59.4 Å². The van der Waals surface area contributed by atoms with Gasteiger partial charge >= 0.3 is 0 Å². The second-order valence-corrected chi connectivity index (χ2v) is 8.36. The molecule has 5 heteroatoms. The number of hydrogen-bond donors (Lipinski definition) is 1. The summed E-state index contributed by atoms with van der Waals surface area (Å²) < 4.78 is 24.4. The largest absolute Gasteiger partial charge is 0.454 e. The molecule has 4 nitrogen and oxygen atoms in total. The van der Waals surface area contributed by atoms with Gasteiger partial charge in [-0.1, -0.05) is 31.0 Å². The minimum absolute atomic E-state index is 0.110. The van der Waals surface area contributed by atoms with E-state index in [2.05, 4.69) is 17.0 Å². The van der Waals surface area contributed by atoms with E-state index < -0.39 is 5.60 Å². The molecule has 2 heterocycles. The second-order valence-electron chi connectivity index (χ2n) is 8.36. The van der Waals surface area contributed by atoms with Gasteiger partial charge in [-0.15, -0.1) is 0 Å². The summed E-state index contributed by atoms with van der Waals surface area (Å²) in [7, 11) is 0. The molecule has 0 radical (unpaired) electrons. The van der Waals surface area contributed by atoms with Crippen LogP contribution in [0, 0.1) is 11.7 Å². The molecule has 148 valence electrons. The van der Waals surface area contributed by atoms with Crippen LogP contribution in [-0.4, -0.2) is 28.9 Å². The van der Waals surface area contributed by atoms with E-state index >= 15 is 0 Å². The summed E-state index contributed by atoms with van der Waals surface area (Å²) in [5, 5.41) is 11.4. The minimum Gasteiger partial charge on any atom is -0.454 e. The lowest BCUT2D eigenvalue weighted by Crippen LogP contribution is -2.54. The first-order chi connectivity index (χ1) is 13.6. The molecule has 3 aliphatic rings. The summed E-state index contributed by atoms with van der Waals surface area (Å²) in [4.78, 5) is 2.44. The highest BCUT2D eigenvalue weighted by Crippen LogP contribution is 2.50. The molecular formula is C23H26FNO3. The van der Waals surface area contributed by atoms with Crippen molar-refractivity contribution in [3.63, 3.8) is 0 Å². The number of aliphatic hydroxyl groups is 1. The van der Waals surface area contributed by atoms with Gasteiger partial charge < -0.3 is 14.6 Å².